The molecule has 29 heavy (non-hydrogen) atoms. The monoisotopic (exact) mass is 401 g/mol. The molecule has 2 N–H and O–H groups in total. The first kappa shape index (κ1) is 20.4. The molecule has 1 saturated heterocycles. The number of nitrogens with zero attached hydrogens (tertiary/aromatic N) is 1. The number of amides is 4. The van der Waals surface area contributed by atoms with Crippen molar-refractivity contribution in [3.8, 4) is 5.75 Å². The SMILES string of the molecule is COc1ccccc1/C=C/C(=O)OCC(=O)NN1C(=O)NC2(CCCCC2)C1=O. The minimum atomic E-state index is -0.934. The van der Waals surface area contributed by atoms with E-state index in [9.17, 15) is 19.2 Å². The number of nitrogens with one attached hydrogen (secondary N) is 2. The molecular weight excluding hydrogens is 378 g/mol. The Bertz CT molecular complexity index is 844. The predicted octanol–water partition coefficient (Wildman–Crippen LogP) is 1.54. The molecule has 0 unspecified atom stereocenters. The molecule has 1 aromatic rings. The minimum Gasteiger partial charge on any atom is -0.496 e. The molecule has 4 amide bonds. The number of rotatable bonds is 6. The highest BCUT2D eigenvalue weighted by atomic mass is 16.5. The summed E-state index contributed by atoms with van der Waals surface area (Å²) in [4.78, 5) is 48.6. The van der Waals surface area contributed by atoms with Crippen LogP contribution in [0.5, 0.6) is 5.75 Å². The van der Waals surface area contributed by atoms with Gasteiger partial charge in [0.1, 0.15) is 11.3 Å². The maximum Gasteiger partial charge on any atom is 0.344 e. The van der Waals surface area contributed by atoms with Crippen molar-refractivity contribution < 1.29 is 28.7 Å². The quantitative estimate of drug-likeness (QED) is 0.425. The van der Waals surface area contributed by atoms with E-state index in [0.29, 0.717) is 29.2 Å². The molecule has 1 spiro atoms. The summed E-state index contributed by atoms with van der Waals surface area (Å²) in [6.07, 6.45) is 6.45. The van der Waals surface area contributed by atoms with E-state index in [0.717, 1.165) is 25.3 Å². The van der Waals surface area contributed by atoms with Gasteiger partial charge in [-0.05, 0) is 25.0 Å². The standard InChI is InChI=1S/C20H23N3O6/c1-28-15-8-4-3-7-14(15)9-10-17(25)29-13-16(24)22-23-18(26)20(21-19(23)27)11-5-2-6-12-20/h3-4,7-10H,2,5-6,11-13H2,1H3,(H,21,27)(H,22,24)/b10-9+. The smallest absolute Gasteiger partial charge is 0.344 e. The summed E-state index contributed by atoms with van der Waals surface area (Å²) in [6.45, 7) is -0.626. The zero-order valence-electron chi connectivity index (χ0n) is 16.1. The first-order valence-electron chi connectivity index (χ1n) is 9.39. The van der Waals surface area contributed by atoms with Gasteiger partial charge in [-0.25, -0.2) is 9.59 Å². The molecule has 0 atom stereocenters. The number of methoxy groups -OCH3 is 1. The van der Waals surface area contributed by atoms with E-state index in [1.54, 1.807) is 24.3 Å². The number of hydrazine groups is 1. The van der Waals surface area contributed by atoms with Gasteiger partial charge in [0.25, 0.3) is 11.8 Å². The molecule has 154 valence electrons. The summed E-state index contributed by atoms with van der Waals surface area (Å²) >= 11 is 0. The van der Waals surface area contributed by atoms with Crippen molar-refractivity contribution in [1.29, 1.82) is 0 Å². The second-order valence-corrected chi connectivity index (χ2v) is 6.93. The lowest BCUT2D eigenvalue weighted by Gasteiger charge is -2.30. The van der Waals surface area contributed by atoms with Crippen LogP contribution in [0.15, 0.2) is 30.3 Å². The second-order valence-electron chi connectivity index (χ2n) is 6.93. The normalized spacial score (nSPS) is 18.0. The van der Waals surface area contributed by atoms with Gasteiger partial charge in [-0.1, -0.05) is 37.5 Å². The minimum absolute atomic E-state index is 0.474. The molecule has 9 nitrogen and oxygen atoms in total. The molecule has 0 radical (unpaired) electrons. The lowest BCUT2D eigenvalue weighted by Crippen LogP contribution is -2.51. The Hall–Kier alpha value is -3.36. The lowest BCUT2D eigenvalue weighted by atomic mass is 9.82. The Morgan fingerprint density at radius 1 is 1.21 bits per heavy atom. The van der Waals surface area contributed by atoms with E-state index < -0.39 is 36.0 Å². The number of urea groups is 1. The number of ether oxygens (including phenoxy) is 2. The molecule has 1 heterocycles. The molecule has 9 heteroatoms. The Balaban J connectivity index is 1.51. The summed E-state index contributed by atoms with van der Waals surface area (Å²) in [7, 11) is 1.52. The average Bonchev–Trinajstić information content (AvgIpc) is 2.95. The number of hydrogen-bond acceptors (Lipinski definition) is 6. The molecule has 1 aliphatic heterocycles. The molecule has 3 rings (SSSR count). The number of benzene rings is 1. The van der Waals surface area contributed by atoms with Crippen molar-refractivity contribution >= 4 is 29.9 Å². The molecule has 1 aliphatic carbocycles. The topological polar surface area (TPSA) is 114 Å². The van der Waals surface area contributed by atoms with Crippen LogP contribution in [0.2, 0.25) is 0 Å². The maximum absolute atomic E-state index is 12.6. The number of esters is 1. The fourth-order valence-corrected chi connectivity index (χ4v) is 3.52. The van der Waals surface area contributed by atoms with Crippen LogP contribution in [-0.2, 0) is 19.1 Å². The van der Waals surface area contributed by atoms with Crippen LogP contribution in [0.25, 0.3) is 6.08 Å². The molecular formula is C20H23N3O6. The largest absolute Gasteiger partial charge is 0.496 e. The van der Waals surface area contributed by atoms with Crippen LogP contribution in [0.4, 0.5) is 4.79 Å². The Labute approximate surface area is 168 Å². The summed E-state index contributed by atoms with van der Waals surface area (Å²) in [6, 6.07) is 6.42. The lowest BCUT2D eigenvalue weighted by molar-refractivity contribution is -0.147. The third kappa shape index (κ3) is 4.56. The zero-order valence-corrected chi connectivity index (χ0v) is 16.1. The Morgan fingerprint density at radius 2 is 1.93 bits per heavy atom. The van der Waals surface area contributed by atoms with Gasteiger partial charge in [0.05, 0.1) is 7.11 Å². The van der Waals surface area contributed by atoms with Crippen LogP contribution < -0.4 is 15.5 Å². The van der Waals surface area contributed by atoms with Gasteiger partial charge < -0.3 is 14.8 Å². The number of imide groups is 1. The number of para-hydroxylation sites is 1. The molecule has 0 bridgehead atoms. The average molecular weight is 401 g/mol. The predicted molar refractivity (Wildman–Crippen MR) is 102 cm³/mol. The van der Waals surface area contributed by atoms with Crippen molar-refractivity contribution in [1.82, 2.24) is 15.8 Å². The first-order chi connectivity index (χ1) is 13.9. The summed E-state index contributed by atoms with van der Waals surface area (Å²) in [5.74, 6) is -1.41. The Kier molecular flexibility index (Phi) is 6.16. The van der Waals surface area contributed by atoms with E-state index in [1.165, 1.54) is 13.2 Å². The highest BCUT2D eigenvalue weighted by molar-refractivity contribution is 6.08. The van der Waals surface area contributed by atoms with Crippen molar-refractivity contribution in [2.75, 3.05) is 13.7 Å². The maximum atomic E-state index is 12.6. The van der Waals surface area contributed by atoms with Crippen molar-refractivity contribution in [3.63, 3.8) is 0 Å². The Morgan fingerprint density at radius 3 is 2.66 bits per heavy atom. The molecule has 2 fully saturated rings. The van der Waals surface area contributed by atoms with Crippen LogP contribution in [0.1, 0.15) is 37.7 Å². The fourth-order valence-electron chi connectivity index (χ4n) is 3.52. The van der Waals surface area contributed by atoms with Crippen LogP contribution >= 0.6 is 0 Å². The molecule has 2 aliphatic rings. The van der Waals surface area contributed by atoms with E-state index in [4.69, 9.17) is 9.47 Å². The third-order valence-corrected chi connectivity index (χ3v) is 4.99. The number of hydrogen-bond donors (Lipinski definition) is 2. The highest BCUT2D eigenvalue weighted by Crippen LogP contribution is 2.32. The van der Waals surface area contributed by atoms with Gasteiger partial charge in [-0.15, -0.1) is 0 Å². The second kappa shape index (κ2) is 8.76. The third-order valence-electron chi connectivity index (χ3n) is 4.99. The molecule has 1 aromatic carbocycles. The van der Waals surface area contributed by atoms with Crippen molar-refractivity contribution in [3.05, 3.63) is 35.9 Å². The first-order valence-corrected chi connectivity index (χ1v) is 9.39. The van der Waals surface area contributed by atoms with E-state index in [2.05, 4.69) is 10.7 Å². The van der Waals surface area contributed by atoms with E-state index in [1.807, 2.05) is 0 Å². The van der Waals surface area contributed by atoms with Crippen LogP contribution in [0.3, 0.4) is 0 Å². The van der Waals surface area contributed by atoms with Gasteiger partial charge in [-0.3, -0.25) is 15.0 Å². The molecule has 0 aromatic heterocycles. The molecule has 1 saturated carbocycles. The van der Waals surface area contributed by atoms with Crippen molar-refractivity contribution in [2.24, 2.45) is 0 Å². The van der Waals surface area contributed by atoms with Gasteiger partial charge >= 0.3 is 12.0 Å². The van der Waals surface area contributed by atoms with Crippen LogP contribution in [-0.4, -0.2) is 48.1 Å². The highest BCUT2D eigenvalue weighted by Gasteiger charge is 2.52. The van der Waals surface area contributed by atoms with Gasteiger partial charge in [-0.2, -0.15) is 5.01 Å². The van der Waals surface area contributed by atoms with Gasteiger partial charge in [0, 0.05) is 11.6 Å². The summed E-state index contributed by atoms with van der Waals surface area (Å²) < 4.78 is 10.0. The van der Waals surface area contributed by atoms with Gasteiger partial charge in [0.15, 0.2) is 6.61 Å². The van der Waals surface area contributed by atoms with E-state index in [-0.39, 0.29) is 0 Å². The summed E-state index contributed by atoms with van der Waals surface area (Å²) in [5.41, 5.74) is 1.95. The fraction of sp³-hybridized carbons (Fsp3) is 0.400. The van der Waals surface area contributed by atoms with Crippen LogP contribution in [0, 0.1) is 0 Å². The zero-order chi connectivity index (χ0) is 20.9. The summed E-state index contributed by atoms with van der Waals surface area (Å²) in [5, 5.41) is 3.35. The van der Waals surface area contributed by atoms with Gasteiger partial charge in [0.2, 0.25) is 0 Å². The van der Waals surface area contributed by atoms with E-state index >= 15 is 0 Å². The number of carbonyl (C=O) groups excluding carboxylic acids is 4. The number of carbonyl (C=O) groups is 4. The van der Waals surface area contributed by atoms with Crippen molar-refractivity contribution in [2.45, 2.75) is 37.6 Å².